The van der Waals surface area contributed by atoms with Gasteiger partial charge >= 0.3 is 6.36 Å². The Morgan fingerprint density at radius 3 is 2.39 bits per heavy atom. The fraction of sp³-hybridized carbons (Fsp3) is 0.0435. The third-order valence-corrected chi connectivity index (χ3v) is 4.55. The molecule has 3 N–H and O–H groups in total. The van der Waals surface area contributed by atoms with Crippen LogP contribution in [0, 0.1) is 0 Å². The summed E-state index contributed by atoms with van der Waals surface area (Å²) in [7, 11) is 0. The van der Waals surface area contributed by atoms with E-state index in [1.807, 2.05) is 0 Å². The fourth-order valence-corrected chi connectivity index (χ4v) is 3.13. The van der Waals surface area contributed by atoms with Gasteiger partial charge < -0.3 is 15.8 Å². The average Bonchev–Trinajstić information content (AvgIpc) is 2.80. The number of pyridine rings is 1. The van der Waals surface area contributed by atoms with E-state index >= 15 is 0 Å². The van der Waals surface area contributed by atoms with E-state index in [9.17, 15) is 18.0 Å². The molecule has 4 rings (SSSR count). The summed E-state index contributed by atoms with van der Waals surface area (Å²) in [5.74, 6) is -0.449. The predicted molar refractivity (Wildman–Crippen MR) is 116 cm³/mol. The molecule has 2 heterocycles. The zero-order valence-corrected chi connectivity index (χ0v) is 16.9. The monoisotopic (exact) mass is 451 g/mol. The summed E-state index contributed by atoms with van der Waals surface area (Å²) in [4.78, 5) is 24.5. The molecule has 2 aromatic carbocycles. The molecule has 1 amide bonds. The largest absolute Gasteiger partial charge is 0.573 e. The summed E-state index contributed by atoms with van der Waals surface area (Å²) >= 11 is 0. The lowest BCUT2D eigenvalue weighted by Crippen LogP contribution is -2.16. The Bertz CT molecular complexity index is 1290. The van der Waals surface area contributed by atoms with Gasteiger partial charge in [0.25, 0.3) is 0 Å². The number of hydrogen-bond donors (Lipinski definition) is 2. The highest BCUT2D eigenvalue weighted by Crippen LogP contribution is 2.28. The average molecular weight is 451 g/mol. The first-order chi connectivity index (χ1) is 15.8. The van der Waals surface area contributed by atoms with Crippen molar-refractivity contribution in [1.82, 2.24) is 15.0 Å². The molecule has 0 saturated carbocycles. The Labute approximate surface area is 186 Å². The number of primary amides is 1. The number of nitrogens with one attached hydrogen (secondary N) is 1. The maximum Gasteiger partial charge on any atom is 0.573 e. The lowest BCUT2D eigenvalue weighted by atomic mass is 10.0. The first kappa shape index (κ1) is 21.8. The van der Waals surface area contributed by atoms with Crippen molar-refractivity contribution in [3.8, 4) is 28.3 Å². The van der Waals surface area contributed by atoms with Gasteiger partial charge in [-0.3, -0.25) is 9.78 Å². The number of rotatable bonds is 6. The zero-order chi connectivity index (χ0) is 23.4. The molecule has 0 bridgehead atoms. The number of nitrogens with two attached hydrogens (primary N) is 1. The van der Waals surface area contributed by atoms with Gasteiger partial charge in [-0.25, -0.2) is 9.97 Å². The summed E-state index contributed by atoms with van der Waals surface area (Å²) in [6.07, 6.45) is -1.80. The van der Waals surface area contributed by atoms with E-state index in [4.69, 9.17) is 5.73 Å². The molecule has 7 nitrogen and oxygen atoms in total. The molecular weight excluding hydrogens is 435 g/mol. The number of hydrogen-bond acceptors (Lipinski definition) is 6. The highest BCUT2D eigenvalue weighted by molar-refractivity contribution is 5.99. The van der Waals surface area contributed by atoms with Gasteiger partial charge in [0.15, 0.2) is 0 Å². The summed E-state index contributed by atoms with van der Waals surface area (Å²) < 4.78 is 40.8. The SMILES string of the molecule is NC(=O)c1ccccc1-c1cc(-c2cc(Nc3ccc(OC(F)(F)F)cc3)ncn2)ccn1. The number of amides is 1. The number of alkyl halides is 3. The minimum atomic E-state index is -4.75. The zero-order valence-electron chi connectivity index (χ0n) is 16.9. The first-order valence-corrected chi connectivity index (χ1v) is 9.59. The van der Waals surface area contributed by atoms with Crippen molar-refractivity contribution in [1.29, 1.82) is 0 Å². The van der Waals surface area contributed by atoms with E-state index in [2.05, 4.69) is 25.0 Å². The number of ether oxygens (including phenoxy) is 1. The van der Waals surface area contributed by atoms with Crippen LogP contribution in [0.25, 0.3) is 22.5 Å². The molecule has 4 aromatic rings. The Balaban J connectivity index is 1.58. The van der Waals surface area contributed by atoms with Gasteiger partial charge in [0.1, 0.15) is 17.9 Å². The van der Waals surface area contributed by atoms with Crippen molar-refractivity contribution in [2.24, 2.45) is 5.73 Å². The molecule has 0 atom stereocenters. The number of nitrogens with zero attached hydrogens (tertiary/aromatic N) is 3. The molecule has 0 fully saturated rings. The quantitative estimate of drug-likeness (QED) is 0.430. The molecule has 166 valence electrons. The number of carbonyl (C=O) groups excluding carboxylic acids is 1. The number of anilines is 2. The van der Waals surface area contributed by atoms with Crippen molar-refractivity contribution in [3.63, 3.8) is 0 Å². The number of halogens is 3. The standard InChI is InChI=1S/C23H16F3N5O2/c24-23(25,26)33-16-7-5-15(6-8-16)31-21-12-19(29-13-30-21)14-9-10-28-20(11-14)17-3-1-2-4-18(17)22(27)32/h1-13H,(H2,27,32)(H,29,30,31). The molecule has 0 radical (unpaired) electrons. The second-order valence-corrected chi connectivity index (χ2v) is 6.83. The second kappa shape index (κ2) is 8.95. The van der Waals surface area contributed by atoms with Gasteiger partial charge in [-0.2, -0.15) is 0 Å². The van der Waals surface area contributed by atoms with E-state index in [1.54, 1.807) is 48.7 Å². The third kappa shape index (κ3) is 5.42. The fourth-order valence-electron chi connectivity index (χ4n) is 3.13. The molecule has 2 aromatic heterocycles. The molecule has 33 heavy (non-hydrogen) atoms. The Kier molecular flexibility index (Phi) is 5.90. The first-order valence-electron chi connectivity index (χ1n) is 9.59. The lowest BCUT2D eigenvalue weighted by molar-refractivity contribution is -0.274. The topological polar surface area (TPSA) is 103 Å². The van der Waals surface area contributed by atoms with Crippen LogP contribution in [0.1, 0.15) is 10.4 Å². The highest BCUT2D eigenvalue weighted by Gasteiger charge is 2.30. The number of aromatic nitrogens is 3. The van der Waals surface area contributed by atoms with Gasteiger partial charge in [0.05, 0.1) is 11.4 Å². The molecular formula is C23H16F3N5O2. The van der Waals surface area contributed by atoms with Crippen LogP contribution >= 0.6 is 0 Å². The third-order valence-electron chi connectivity index (χ3n) is 4.55. The molecule has 10 heteroatoms. The van der Waals surface area contributed by atoms with Gasteiger partial charge in [0, 0.05) is 34.6 Å². The van der Waals surface area contributed by atoms with Crippen molar-refractivity contribution < 1.29 is 22.7 Å². The number of carbonyl (C=O) groups is 1. The van der Waals surface area contributed by atoms with E-state index in [0.29, 0.717) is 34.0 Å². The summed E-state index contributed by atoms with van der Waals surface area (Å²) in [6, 6.07) is 17.4. The molecule has 0 spiro atoms. The van der Waals surface area contributed by atoms with Crippen LogP contribution in [0.2, 0.25) is 0 Å². The maximum atomic E-state index is 12.3. The van der Waals surface area contributed by atoms with Gasteiger partial charge in [0.2, 0.25) is 5.91 Å². The van der Waals surface area contributed by atoms with E-state index in [-0.39, 0.29) is 5.75 Å². The molecule has 0 unspecified atom stereocenters. The van der Waals surface area contributed by atoms with Crippen molar-refractivity contribution >= 4 is 17.4 Å². The Morgan fingerprint density at radius 1 is 0.909 bits per heavy atom. The predicted octanol–water partition coefficient (Wildman–Crippen LogP) is 4.95. The van der Waals surface area contributed by atoms with Crippen LogP contribution in [-0.2, 0) is 0 Å². The van der Waals surface area contributed by atoms with Crippen LogP contribution < -0.4 is 15.8 Å². The molecule has 0 aliphatic carbocycles. The molecule has 0 saturated heterocycles. The van der Waals surface area contributed by atoms with E-state index in [0.717, 1.165) is 5.56 Å². The lowest BCUT2D eigenvalue weighted by Gasteiger charge is -2.11. The summed E-state index contributed by atoms with van der Waals surface area (Å²) in [6.45, 7) is 0. The minimum absolute atomic E-state index is 0.322. The van der Waals surface area contributed by atoms with E-state index in [1.165, 1.54) is 30.6 Å². The van der Waals surface area contributed by atoms with Crippen LogP contribution in [0.15, 0.2) is 79.3 Å². The van der Waals surface area contributed by atoms with Crippen molar-refractivity contribution in [2.45, 2.75) is 6.36 Å². The summed E-state index contributed by atoms with van der Waals surface area (Å²) in [5.41, 5.74) is 8.78. The molecule has 0 aliphatic rings. The summed E-state index contributed by atoms with van der Waals surface area (Å²) in [5, 5.41) is 3.01. The Hall–Kier alpha value is -4.47. The van der Waals surface area contributed by atoms with Crippen molar-refractivity contribution in [3.05, 3.63) is 84.8 Å². The van der Waals surface area contributed by atoms with Crippen molar-refractivity contribution in [2.75, 3.05) is 5.32 Å². The van der Waals surface area contributed by atoms with Crippen LogP contribution in [-0.4, -0.2) is 27.2 Å². The highest BCUT2D eigenvalue weighted by atomic mass is 19.4. The second-order valence-electron chi connectivity index (χ2n) is 6.83. The van der Waals surface area contributed by atoms with E-state index < -0.39 is 12.3 Å². The van der Waals surface area contributed by atoms with Gasteiger partial charge in [-0.05, 0) is 42.5 Å². The number of benzene rings is 2. The minimum Gasteiger partial charge on any atom is -0.406 e. The molecule has 0 aliphatic heterocycles. The van der Waals surface area contributed by atoms with Gasteiger partial charge in [-0.1, -0.05) is 18.2 Å². The maximum absolute atomic E-state index is 12.3. The van der Waals surface area contributed by atoms with Crippen LogP contribution in [0.5, 0.6) is 5.75 Å². The normalized spacial score (nSPS) is 11.1. The van der Waals surface area contributed by atoms with Gasteiger partial charge in [-0.15, -0.1) is 13.2 Å². The smallest absolute Gasteiger partial charge is 0.406 e. The van der Waals surface area contributed by atoms with Crippen LogP contribution in [0.3, 0.4) is 0 Å². The van der Waals surface area contributed by atoms with Crippen LogP contribution in [0.4, 0.5) is 24.7 Å². The Morgan fingerprint density at radius 2 is 1.67 bits per heavy atom.